The van der Waals surface area contributed by atoms with Crippen LogP contribution >= 0.6 is 11.3 Å². The van der Waals surface area contributed by atoms with Crippen LogP contribution in [0.5, 0.6) is 0 Å². The average Bonchev–Trinajstić information content (AvgIpc) is 2.77. The molecule has 1 unspecified atom stereocenters. The highest BCUT2D eigenvalue weighted by atomic mass is 32.1. The highest BCUT2D eigenvalue weighted by molar-refractivity contribution is 7.12. The van der Waals surface area contributed by atoms with Crippen LogP contribution in [0.25, 0.3) is 0 Å². The van der Waals surface area contributed by atoms with Gasteiger partial charge >= 0.3 is 0 Å². The Labute approximate surface area is 75.6 Å². The molecule has 0 spiro atoms. The molecule has 3 heteroatoms. The standard InChI is InChI=1S/C9H11NOS/c11-9(7-3-1-5-10-7)8-4-2-6-12-8/h2,4,6-7,10H,1,3,5H2. The van der Waals surface area contributed by atoms with Gasteiger partial charge in [-0.3, -0.25) is 4.79 Å². The van der Waals surface area contributed by atoms with Gasteiger partial charge in [-0.25, -0.2) is 0 Å². The maximum Gasteiger partial charge on any atom is 0.189 e. The van der Waals surface area contributed by atoms with Gasteiger partial charge in [-0.1, -0.05) is 6.07 Å². The summed E-state index contributed by atoms with van der Waals surface area (Å²) < 4.78 is 0. The summed E-state index contributed by atoms with van der Waals surface area (Å²) in [6.07, 6.45) is 2.12. The molecule has 64 valence electrons. The number of thiophene rings is 1. The maximum absolute atomic E-state index is 11.7. The van der Waals surface area contributed by atoms with Crippen LogP contribution < -0.4 is 5.32 Å². The lowest BCUT2D eigenvalue weighted by Gasteiger charge is -2.05. The number of carbonyl (C=O) groups excluding carboxylic acids is 1. The fourth-order valence-corrected chi connectivity index (χ4v) is 2.22. The van der Waals surface area contributed by atoms with Crippen molar-refractivity contribution in [2.24, 2.45) is 0 Å². The highest BCUT2D eigenvalue weighted by Gasteiger charge is 2.23. The third kappa shape index (κ3) is 1.42. The normalized spacial score (nSPS) is 22.8. The monoisotopic (exact) mass is 181 g/mol. The van der Waals surface area contributed by atoms with E-state index in [1.54, 1.807) is 0 Å². The van der Waals surface area contributed by atoms with E-state index in [-0.39, 0.29) is 11.8 Å². The van der Waals surface area contributed by atoms with Crippen molar-refractivity contribution in [3.8, 4) is 0 Å². The van der Waals surface area contributed by atoms with Crippen molar-refractivity contribution in [3.63, 3.8) is 0 Å². The molecule has 1 N–H and O–H groups in total. The number of Topliss-reactive ketones (excluding diaryl/α,β-unsaturated/α-hetero) is 1. The van der Waals surface area contributed by atoms with Gasteiger partial charge in [0.1, 0.15) is 0 Å². The van der Waals surface area contributed by atoms with E-state index in [2.05, 4.69) is 5.32 Å². The lowest BCUT2D eigenvalue weighted by molar-refractivity contribution is 0.0956. The molecule has 0 aliphatic carbocycles. The van der Waals surface area contributed by atoms with Crippen molar-refractivity contribution in [2.45, 2.75) is 18.9 Å². The van der Waals surface area contributed by atoms with Crippen LogP contribution in [0.4, 0.5) is 0 Å². The third-order valence-electron chi connectivity index (χ3n) is 2.14. The topological polar surface area (TPSA) is 29.1 Å². The molecule has 2 heterocycles. The van der Waals surface area contributed by atoms with E-state index in [9.17, 15) is 4.79 Å². The largest absolute Gasteiger partial charge is 0.307 e. The molecule has 2 nitrogen and oxygen atoms in total. The molecular formula is C9H11NOS. The van der Waals surface area contributed by atoms with Gasteiger partial charge in [0.05, 0.1) is 10.9 Å². The maximum atomic E-state index is 11.7. The lowest BCUT2D eigenvalue weighted by atomic mass is 10.1. The summed E-state index contributed by atoms with van der Waals surface area (Å²) >= 11 is 1.53. The van der Waals surface area contributed by atoms with E-state index in [4.69, 9.17) is 0 Å². The second-order valence-corrected chi connectivity index (χ2v) is 3.94. The molecule has 0 radical (unpaired) electrons. The molecule has 0 bridgehead atoms. The predicted octanol–water partition coefficient (Wildman–Crippen LogP) is 1.68. The van der Waals surface area contributed by atoms with Crippen molar-refractivity contribution in [2.75, 3.05) is 6.54 Å². The molecule has 1 saturated heterocycles. The minimum atomic E-state index is 0.0867. The van der Waals surface area contributed by atoms with Gasteiger partial charge in [-0.2, -0.15) is 0 Å². The van der Waals surface area contributed by atoms with E-state index in [1.807, 2.05) is 17.5 Å². The number of hydrogen-bond acceptors (Lipinski definition) is 3. The van der Waals surface area contributed by atoms with Gasteiger partial charge in [0, 0.05) is 0 Å². The van der Waals surface area contributed by atoms with E-state index in [0.29, 0.717) is 0 Å². The summed E-state index contributed by atoms with van der Waals surface area (Å²) in [6, 6.07) is 3.91. The SMILES string of the molecule is O=C(c1cccs1)C1CCCN1. The van der Waals surface area contributed by atoms with Crippen LogP contribution in [0.15, 0.2) is 17.5 Å². The van der Waals surface area contributed by atoms with Crippen LogP contribution in [0.3, 0.4) is 0 Å². The summed E-state index contributed by atoms with van der Waals surface area (Å²) in [6.45, 7) is 0.988. The molecule has 1 aliphatic rings. The van der Waals surface area contributed by atoms with Crippen molar-refractivity contribution in [3.05, 3.63) is 22.4 Å². The van der Waals surface area contributed by atoms with E-state index >= 15 is 0 Å². The number of ketones is 1. The number of rotatable bonds is 2. The van der Waals surface area contributed by atoms with Crippen molar-refractivity contribution < 1.29 is 4.79 Å². The van der Waals surface area contributed by atoms with Gasteiger partial charge < -0.3 is 5.32 Å². The first-order valence-corrected chi connectivity index (χ1v) is 5.07. The zero-order valence-electron chi connectivity index (χ0n) is 6.75. The molecule has 1 atom stereocenters. The van der Waals surface area contributed by atoms with Gasteiger partial charge in [0.2, 0.25) is 0 Å². The number of hydrogen-bond donors (Lipinski definition) is 1. The molecule has 1 fully saturated rings. The van der Waals surface area contributed by atoms with Crippen LogP contribution in [0.1, 0.15) is 22.5 Å². The molecule has 2 rings (SSSR count). The van der Waals surface area contributed by atoms with Gasteiger partial charge in [-0.05, 0) is 30.8 Å². The zero-order chi connectivity index (χ0) is 8.39. The number of carbonyl (C=O) groups is 1. The van der Waals surface area contributed by atoms with Crippen molar-refractivity contribution >= 4 is 17.1 Å². The van der Waals surface area contributed by atoms with Crippen molar-refractivity contribution in [1.82, 2.24) is 5.32 Å². The van der Waals surface area contributed by atoms with Gasteiger partial charge in [-0.15, -0.1) is 11.3 Å². The molecule has 1 aliphatic heterocycles. The minimum Gasteiger partial charge on any atom is -0.307 e. The van der Waals surface area contributed by atoms with E-state index < -0.39 is 0 Å². The average molecular weight is 181 g/mol. The quantitative estimate of drug-likeness (QED) is 0.703. The Morgan fingerprint density at radius 1 is 1.67 bits per heavy atom. The van der Waals surface area contributed by atoms with Crippen LogP contribution in [-0.4, -0.2) is 18.4 Å². The second-order valence-electron chi connectivity index (χ2n) is 2.99. The minimum absolute atomic E-state index is 0.0867. The lowest BCUT2D eigenvalue weighted by Crippen LogP contribution is -2.30. The Morgan fingerprint density at radius 2 is 2.58 bits per heavy atom. The van der Waals surface area contributed by atoms with E-state index in [1.165, 1.54) is 11.3 Å². The first-order chi connectivity index (χ1) is 5.88. The molecule has 1 aromatic heterocycles. The molecule has 1 aromatic rings. The summed E-state index contributed by atoms with van der Waals surface area (Å²) in [5.41, 5.74) is 0. The Morgan fingerprint density at radius 3 is 3.17 bits per heavy atom. The molecule has 12 heavy (non-hydrogen) atoms. The number of nitrogens with one attached hydrogen (secondary N) is 1. The Bertz CT molecular complexity index is 262. The Kier molecular flexibility index (Phi) is 2.23. The fourth-order valence-electron chi connectivity index (χ4n) is 1.50. The van der Waals surface area contributed by atoms with Crippen LogP contribution in [0, 0.1) is 0 Å². The zero-order valence-corrected chi connectivity index (χ0v) is 7.56. The molecule has 0 saturated carbocycles. The summed E-state index contributed by atoms with van der Waals surface area (Å²) in [7, 11) is 0. The Hall–Kier alpha value is -0.670. The Balaban J connectivity index is 2.09. The molecular weight excluding hydrogens is 170 g/mol. The van der Waals surface area contributed by atoms with Crippen molar-refractivity contribution in [1.29, 1.82) is 0 Å². The van der Waals surface area contributed by atoms with Crippen LogP contribution in [0.2, 0.25) is 0 Å². The van der Waals surface area contributed by atoms with Gasteiger partial charge in [0.15, 0.2) is 5.78 Å². The molecule has 0 amide bonds. The predicted molar refractivity (Wildman–Crippen MR) is 49.7 cm³/mol. The summed E-state index contributed by atoms with van der Waals surface area (Å²) in [5, 5.41) is 5.15. The smallest absolute Gasteiger partial charge is 0.189 e. The summed E-state index contributed by atoms with van der Waals surface area (Å²) in [5.74, 6) is 0.266. The fraction of sp³-hybridized carbons (Fsp3) is 0.444. The molecule has 0 aromatic carbocycles. The second kappa shape index (κ2) is 3.37. The highest BCUT2D eigenvalue weighted by Crippen LogP contribution is 2.16. The first kappa shape index (κ1) is 7.95. The third-order valence-corrected chi connectivity index (χ3v) is 3.03. The summed E-state index contributed by atoms with van der Waals surface area (Å²) in [4.78, 5) is 12.5. The first-order valence-electron chi connectivity index (χ1n) is 4.19. The van der Waals surface area contributed by atoms with E-state index in [0.717, 1.165) is 24.3 Å². The van der Waals surface area contributed by atoms with Gasteiger partial charge in [0.25, 0.3) is 0 Å². The van der Waals surface area contributed by atoms with Crippen LogP contribution in [-0.2, 0) is 0 Å².